The van der Waals surface area contributed by atoms with Gasteiger partial charge in [-0.15, -0.1) is 11.3 Å². The van der Waals surface area contributed by atoms with E-state index >= 15 is 0 Å². The van der Waals surface area contributed by atoms with Gasteiger partial charge in [0.05, 0.1) is 11.7 Å². The van der Waals surface area contributed by atoms with Crippen LogP contribution in [0.2, 0.25) is 5.02 Å². The zero-order valence-corrected chi connectivity index (χ0v) is 15.2. The van der Waals surface area contributed by atoms with Gasteiger partial charge in [0.1, 0.15) is 5.01 Å². The highest BCUT2D eigenvalue weighted by atomic mass is 79.9. The number of hydrogen-bond acceptors (Lipinski definition) is 3. The fourth-order valence-electron chi connectivity index (χ4n) is 2.21. The van der Waals surface area contributed by atoms with Crippen LogP contribution in [0.25, 0.3) is 0 Å². The van der Waals surface area contributed by atoms with Crippen LogP contribution in [0.5, 0.6) is 0 Å². The Bertz CT molecular complexity index is 637. The first-order chi connectivity index (χ1) is 10.0. The number of thiazole rings is 1. The Morgan fingerprint density at radius 2 is 2.14 bits per heavy atom. The lowest BCUT2D eigenvalue weighted by molar-refractivity contribution is 0.595. The number of nitrogens with zero attached hydrogens (tertiary/aromatic N) is 1. The first kappa shape index (κ1) is 15.5. The number of aromatic nitrogens is 1. The molecule has 0 radical (unpaired) electrons. The molecule has 1 heterocycles. The monoisotopic (exact) mass is 384 g/mol. The highest BCUT2D eigenvalue weighted by Gasteiger charge is 2.29. The maximum Gasteiger partial charge on any atom is 0.114 e. The minimum absolute atomic E-state index is 0.0931. The molecule has 0 spiro atoms. The molecule has 5 heteroatoms. The van der Waals surface area contributed by atoms with Crippen LogP contribution in [0.3, 0.4) is 0 Å². The van der Waals surface area contributed by atoms with Crippen molar-refractivity contribution in [1.29, 1.82) is 0 Å². The first-order valence-corrected chi connectivity index (χ1v) is 9.26. The van der Waals surface area contributed by atoms with E-state index in [2.05, 4.69) is 46.5 Å². The third kappa shape index (κ3) is 3.67. The van der Waals surface area contributed by atoms with Gasteiger partial charge in [0.2, 0.25) is 0 Å². The van der Waals surface area contributed by atoms with Crippen LogP contribution >= 0.6 is 38.9 Å². The van der Waals surface area contributed by atoms with Crippen LogP contribution in [0, 0.1) is 0 Å². The maximum atomic E-state index is 6.45. The Morgan fingerprint density at radius 3 is 2.71 bits per heavy atom. The summed E-state index contributed by atoms with van der Waals surface area (Å²) in [7, 11) is 0. The standard InChI is InChI=1S/C16H18BrClN2S/c1-9(2)14-8-21-16(20-14)15(19-11-4-5-11)12-6-3-10(17)7-13(12)18/h3,6-9,11,15,19H,4-5H2,1-2H3. The minimum atomic E-state index is 0.0931. The van der Waals surface area contributed by atoms with Crippen LogP contribution in [-0.4, -0.2) is 11.0 Å². The van der Waals surface area contributed by atoms with Gasteiger partial charge in [-0.3, -0.25) is 0 Å². The molecule has 0 amide bonds. The normalized spacial score (nSPS) is 16.4. The molecule has 21 heavy (non-hydrogen) atoms. The molecular formula is C16H18BrClN2S. The van der Waals surface area contributed by atoms with Crippen molar-refractivity contribution >= 4 is 38.9 Å². The van der Waals surface area contributed by atoms with Gasteiger partial charge >= 0.3 is 0 Å². The molecule has 1 unspecified atom stereocenters. The van der Waals surface area contributed by atoms with E-state index in [0.717, 1.165) is 25.8 Å². The average molecular weight is 386 g/mol. The van der Waals surface area contributed by atoms with E-state index in [1.54, 1.807) is 11.3 Å². The Balaban J connectivity index is 1.95. The van der Waals surface area contributed by atoms with E-state index in [9.17, 15) is 0 Å². The zero-order chi connectivity index (χ0) is 15.0. The summed E-state index contributed by atoms with van der Waals surface area (Å²) < 4.78 is 1.00. The fraction of sp³-hybridized carbons (Fsp3) is 0.438. The minimum Gasteiger partial charge on any atom is -0.301 e. The van der Waals surface area contributed by atoms with Gasteiger partial charge in [0.25, 0.3) is 0 Å². The molecule has 1 N–H and O–H groups in total. The molecule has 1 aromatic heterocycles. The third-order valence-corrected chi connectivity index (χ3v) is 5.38. The Labute approximate surface area is 143 Å². The van der Waals surface area contributed by atoms with E-state index < -0.39 is 0 Å². The lowest BCUT2D eigenvalue weighted by Crippen LogP contribution is -2.24. The molecule has 3 rings (SSSR count). The lowest BCUT2D eigenvalue weighted by atomic mass is 10.1. The molecule has 0 saturated heterocycles. The summed E-state index contributed by atoms with van der Waals surface area (Å²) in [5.74, 6) is 0.456. The predicted octanol–water partition coefficient (Wildman–Crippen LogP) is 5.52. The second-order valence-corrected chi connectivity index (χ2v) is 8.02. The van der Waals surface area contributed by atoms with Crippen LogP contribution in [0.4, 0.5) is 0 Å². The predicted molar refractivity (Wildman–Crippen MR) is 93.4 cm³/mol. The lowest BCUT2D eigenvalue weighted by Gasteiger charge is -2.18. The largest absolute Gasteiger partial charge is 0.301 e. The Kier molecular flexibility index (Phi) is 4.69. The molecule has 1 aliphatic carbocycles. The summed E-state index contributed by atoms with van der Waals surface area (Å²) in [6, 6.07) is 6.77. The van der Waals surface area contributed by atoms with Crippen LogP contribution in [0.1, 0.15) is 54.9 Å². The van der Waals surface area contributed by atoms with Crippen LogP contribution in [0.15, 0.2) is 28.1 Å². The highest BCUT2D eigenvalue weighted by Crippen LogP contribution is 2.35. The maximum absolute atomic E-state index is 6.45. The second kappa shape index (κ2) is 6.37. The number of rotatable bonds is 5. The molecule has 1 aliphatic rings. The van der Waals surface area contributed by atoms with Gasteiger partial charge in [0.15, 0.2) is 0 Å². The number of benzene rings is 1. The molecule has 1 saturated carbocycles. The smallest absolute Gasteiger partial charge is 0.114 e. The second-order valence-electron chi connectivity index (χ2n) is 5.81. The quantitative estimate of drug-likeness (QED) is 0.732. The van der Waals surface area contributed by atoms with Gasteiger partial charge in [-0.25, -0.2) is 4.98 Å². The van der Waals surface area contributed by atoms with E-state index in [4.69, 9.17) is 16.6 Å². The zero-order valence-electron chi connectivity index (χ0n) is 12.1. The van der Waals surface area contributed by atoms with E-state index in [-0.39, 0.29) is 6.04 Å². The van der Waals surface area contributed by atoms with Crippen molar-refractivity contribution in [3.05, 3.63) is 49.3 Å². The summed E-state index contributed by atoms with van der Waals surface area (Å²) in [5.41, 5.74) is 2.27. The number of halogens is 2. The van der Waals surface area contributed by atoms with Gasteiger partial charge in [-0.1, -0.05) is 47.4 Å². The van der Waals surface area contributed by atoms with E-state index in [0.29, 0.717) is 12.0 Å². The van der Waals surface area contributed by atoms with Gasteiger partial charge in [-0.05, 0) is 36.5 Å². The summed E-state index contributed by atoms with van der Waals surface area (Å²) in [6.07, 6.45) is 2.49. The molecule has 0 aliphatic heterocycles. The first-order valence-electron chi connectivity index (χ1n) is 7.21. The summed E-state index contributed by atoms with van der Waals surface area (Å²) in [5, 5.41) is 7.73. The summed E-state index contributed by atoms with van der Waals surface area (Å²) in [6.45, 7) is 4.35. The highest BCUT2D eigenvalue weighted by molar-refractivity contribution is 9.10. The molecule has 2 nitrogen and oxygen atoms in total. The summed E-state index contributed by atoms with van der Waals surface area (Å²) in [4.78, 5) is 4.82. The molecule has 112 valence electrons. The van der Waals surface area contributed by atoms with Crippen molar-refractivity contribution in [1.82, 2.24) is 10.3 Å². The number of hydrogen-bond donors (Lipinski definition) is 1. The topological polar surface area (TPSA) is 24.9 Å². The van der Waals surface area contributed by atoms with Crippen molar-refractivity contribution in [2.45, 2.75) is 44.7 Å². The van der Waals surface area contributed by atoms with Crippen LogP contribution in [-0.2, 0) is 0 Å². The van der Waals surface area contributed by atoms with Crippen molar-refractivity contribution in [3.8, 4) is 0 Å². The fourth-order valence-corrected chi connectivity index (χ4v) is 4.05. The molecule has 2 aromatic rings. The summed E-state index contributed by atoms with van der Waals surface area (Å²) >= 11 is 11.6. The Hall–Kier alpha value is -0.420. The van der Waals surface area contributed by atoms with Crippen molar-refractivity contribution < 1.29 is 0 Å². The molecular weight excluding hydrogens is 368 g/mol. The van der Waals surface area contributed by atoms with E-state index in [1.807, 2.05) is 12.1 Å². The van der Waals surface area contributed by atoms with Gasteiger partial charge < -0.3 is 5.32 Å². The molecule has 1 aromatic carbocycles. The SMILES string of the molecule is CC(C)c1csc(C(NC2CC2)c2ccc(Br)cc2Cl)n1. The van der Waals surface area contributed by atoms with Crippen molar-refractivity contribution in [3.63, 3.8) is 0 Å². The Morgan fingerprint density at radius 1 is 1.38 bits per heavy atom. The molecule has 1 fully saturated rings. The van der Waals surface area contributed by atoms with Crippen molar-refractivity contribution in [2.24, 2.45) is 0 Å². The van der Waals surface area contributed by atoms with Crippen LogP contribution < -0.4 is 5.32 Å². The van der Waals surface area contributed by atoms with Crippen molar-refractivity contribution in [2.75, 3.05) is 0 Å². The molecule has 0 bridgehead atoms. The van der Waals surface area contributed by atoms with E-state index in [1.165, 1.54) is 12.8 Å². The molecule has 1 atom stereocenters. The van der Waals surface area contributed by atoms with Gasteiger partial charge in [0, 0.05) is 20.9 Å². The average Bonchev–Trinajstić information content (AvgIpc) is 3.11. The number of nitrogens with one attached hydrogen (secondary N) is 1. The third-order valence-electron chi connectivity index (χ3n) is 3.63. The van der Waals surface area contributed by atoms with Gasteiger partial charge in [-0.2, -0.15) is 0 Å².